The van der Waals surface area contributed by atoms with Crippen LogP contribution in [-0.4, -0.2) is 87.8 Å². The molecule has 1 aliphatic heterocycles. The van der Waals surface area contributed by atoms with Crippen molar-refractivity contribution in [2.24, 2.45) is 0 Å². The summed E-state index contributed by atoms with van der Waals surface area (Å²) >= 11 is 0. The molecule has 2 atom stereocenters. The molecule has 0 bridgehead atoms. The van der Waals surface area contributed by atoms with E-state index in [1.165, 1.54) is 24.6 Å². The molecule has 4 nitrogen and oxygen atoms in total. The molecule has 1 fully saturated rings. The van der Waals surface area contributed by atoms with Crippen LogP contribution in [0, 0.1) is 0 Å². The van der Waals surface area contributed by atoms with Gasteiger partial charge in [-0.25, -0.2) is 0 Å². The molecular weight excluding hydrogens is 366 g/mol. The highest BCUT2D eigenvalue weighted by Gasteiger charge is 2.28. The average molecular weight is 409 g/mol. The van der Waals surface area contributed by atoms with Gasteiger partial charge in [0.25, 0.3) is 0 Å². The molecule has 1 rings (SSSR count). The largest absolute Gasteiger partial charge is 0.379 e. The Hall–Kier alpha value is 0.700. The number of rotatable bonds is 0. The zero-order chi connectivity index (χ0) is 19.5. The lowest BCUT2D eigenvalue weighted by Crippen LogP contribution is -2.23. The topological polar surface area (TPSA) is 36.9 Å². The minimum Gasteiger partial charge on any atom is -0.379 e. The molecule has 0 amide bonds. The number of hydrogen-bond donors (Lipinski definition) is 0. The first kappa shape index (κ1) is 24.7. The van der Waals surface area contributed by atoms with E-state index in [1.54, 1.807) is 0 Å². The Morgan fingerprint density at radius 2 is 0.692 bits per heavy atom. The summed E-state index contributed by atoms with van der Waals surface area (Å²) in [6.45, 7) is 20.1. The molecule has 0 saturated carbocycles. The van der Waals surface area contributed by atoms with Crippen LogP contribution in [0.25, 0.3) is 0 Å². The third kappa shape index (κ3) is 11.5. The van der Waals surface area contributed by atoms with Gasteiger partial charge in [0.15, 0.2) is 0 Å². The summed E-state index contributed by atoms with van der Waals surface area (Å²) in [5, 5.41) is 0.783. The Kier molecular flexibility index (Phi) is 12.4. The molecule has 0 spiro atoms. The van der Waals surface area contributed by atoms with E-state index in [1.807, 2.05) is 0 Å². The highest BCUT2D eigenvalue weighted by atomic mass is 31.1. The van der Waals surface area contributed by atoms with Crippen molar-refractivity contribution in [3.05, 3.63) is 0 Å². The molecule has 0 aromatic carbocycles. The van der Waals surface area contributed by atoms with Gasteiger partial charge in [-0.3, -0.25) is 0 Å². The van der Waals surface area contributed by atoms with E-state index in [0.717, 1.165) is 13.2 Å². The average Bonchev–Trinajstić information content (AvgIpc) is 2.52. The van der Waals surface area contributed by atoms with Crippen molar-refractivity contribution in [1.29, 1.82) is 0 Å². The van der Waals surface area contributed by atoms with Crippen LogP contribution in [0.3, 0.4) is 0 Å². The van der Waals surface area contributed by atoms with E-state index in [4.69, 9.17) is 18.9 Å². The van der Waals surface area contributed by atoms with E-state index in [2.05, 4.69) is 41.5 Å². The summed E-state index contributed by atoms with van der Waals surface area (Å²) in [5.41, 5.74) is 0. The fourth-order valence-corrected chi connectivity index (χ4v) is 8.68. The van der Waals surface area contributed by atoms with E-state index < -0.39 is 0 Å². The van der Waals surface area contributed by atoms with E-state index >= 15 is 0 Å². The number of ether oxygens (including phenoxy) is 4. The molecule has 0 aromatic heterocycles. The van der Waals surface area contributed by atoms with Crippen LogP contribution in [-0.2, 0) is 18.9 Å². The second-order valence-corrected chi connectivity index (χ2v) is 15.4. The predicted molar refractivity (Wildman–Crippen MR) is 116 cm³/mol. The van der Waals surface area contributed by atoms with Gasteiger partial charge in [-0.15, -0.1) is 0 Å². The van der Waals surface area contributed by atoms with E-state index in [-0.39, 0.29) is 15.8 Å². The van der Waals surface area contributed by atoms with Gasteiger partial charge in [0.2, 0.25) is 0 Å². The second kappa shape index (κ2) is 13.0. The molecule has 1 aliphatic rings. The van der Waals surface area contributed by atoms with Gasteiger partial charge in [-0.2, -0.15) is 0 Å². The lowest BCUT2D eigenvalue weighted by Gasteiger charge is -2.36. The zero-order valence-electron chi connectivity index (χ0n) is 18.0. The van der Waals surface area contributed by atoms with Gasteiger partial charge in [-0.05, 0) is 35.0 Å². The molecule has 0 unspecified atom stereocenters. The maximum Gasteiger partial charge on any atom is 0.0701 e. The highest BCUT2D eigenvalue weighted by molar-refractivity contribution is 7.63. The summed E-state index contributed by atoms with van der Waals surface area (Å²) in [6.07, 6.45) is 5.10. The third-order valence-corrected chi connectivity index (χ3v) is 11.8. The summed E-state index contributed by atoms with van der Waals surface area (Å²) in [4.78, 5) is 0. The number of hydrogen-bond acceptors (Lipinski definition) is 4. The normalized spacial score (nSPS) is 27.5. The van der Waals surface area contributed by atoms with Crippen molar-refractivity contribution in [3.8, 4) is 0 Å². The fraction of sp³-hybridized carbons (Fsp3) is 1.00. The summed E-state index contributed by atoms with van der Waals surface area (Å²) < 4.78 is 22.8. The first-order chi connectivity index (χ1) is 12.2. The molecule has 26 heavy (non-hydrogen) atoms. The first-order valence-corrected chi connectivity index (χ1v) is 13.4. The van der Waals surface area contributed by atoms with Gasteiger partial charge in [0.1, 0.15) is 0 Å². The van der Waals surface area contributed by atoms with Crippen molar-refractivity contribution in [2.75, 3.05) is 77.5 Å². The van der Waals surface area contributed by atoms with Crippen LogP contribution >= 0.6 is 15.8 Å². The molecular formula is C20H42O4P2. The minimum absolute atomic E-state index is 0.0268. The van der Waals surface area contributed by atoms with Crippen molar-refractivity contribution in [3.63, 3.8) is 0 Å². The third-order valence-electron chi connectivity index (χ3n) is 4.66. The summed E-state index contributed by atoms with van der Waals surface area (Å²) in [7, 11) is -0.0536. The van der Waals surface area contributed by atoms with Crippen molar-refractivity contribution in [2.45, 2.75) is 51.9 Å². The van der Waals surface area contributed by atoms with Crippen molar-refractivity contribution < 1.29 is 18.9 Å². The van der Waals surface area contributed by atoms with E-state index in [9.17, 15) is 0 Å². The van der Waals surface area contributed by atoms with Gasteiger partial charge in [-0.1, -0.05) is 57.4 Å². The van der Waals surface area contributed by atoms with Gasteiger partial charge >= 0.3 is 0 Å². The standard InChI is InChI=1S/C20H42O4P2/c1-19(2,3)25-15-13-23-11-9-21-7-8-22-10-12-24-14-16-26(18-17-25)20(4,5)6/h7-18H2,1-6H3/t25-,26+. The van der Waals surface area contributed by atoms with Crippen LogP contribution in [0.2, 0.25) is 0 Å². The van der Waals surface area contributed by atoms with E-state index in [0.29, 0.717) is 50.0 Å². The van der Waals surface area contributed by atoms with Gasteiger partial charge in [0, 0.05) is 0 Å². The molecule has 1 saturated heterocycles. The highest BCUT2D eigenvalue weighted by Crippen LogP contribution is 2.55. The smallest absolute Gasteiger partial charge is 0.0701 e. The second-order valence-electron chi connectivity index (χ2n) is 8.77. The lowest BCUT2D eigenvalue weighted by atomic mass is 10.3. The van der Waals surface area contributed by atoms with Crippen molar-refractivity contribution >= 4 is 15.8 Å². The SMILES string of the molecule is CC(C)(C)[P@]1CCOCCOCCOCCOCC[P@](C(C)(C)C)CC1. The Balaban J connectivity index is 2.62. The monoisotopic (exact) mass is 408 g/mol. The summed E-state index contributed by atoms with van der Waals surface area (Å²) in [6, 6.07) is 0. The summed E-state index contributed by atoms with van der Waals surface area (Å²) in [5.74, 6) is 0. The lowest BCUT2D eigenvalue weighted by molar-refractivity contribution is 0.00130. The van der Waals surface area contributed by atoms with Crippen LogP contribution < -0.4 is 0 Å². The Morgan fingerprint density at radius 3 is 0.962 bits per heavy atom. The maximum atomic E-state index is 5.83. The first-order valence-electron chi connectivity index (χ1n) is 10.0. The fourth-order valence-electron chi connectivity index (χ4n) is 2.92. The Bertz CT molecular complexity index is 319. The Morgan fingerprint density at radius 1 is 0.423 bits per heavy atom. The molecule has 0 N–H and O–H groups in total. The quantitative estimate of drug-likeness (QED) is 0.548. The predicted octanol–water partition coefficient (Wildman–Crippen LogP) is 4.63. The molecule has 0 aliphatic carbocycles. The van der Waals surface area contributed by atoms with Gasteiger partial charge < -0.3 is 18.9 Å². The van der Waals surface area contributed by atoms with Crippen LogP contribution in [0.4, 0.5) is 0 Å². The molecule has 156 valence electrons. The molecule has 0 aromatic rings. The van der Waals surface area contributed by atoms with Crippen LogP contribution in [0.1, 0.15) is 41.5 Å². The molecule has 1 heterocycles. The van der Waals surface area contributed by atoms with Crippen molar-refractivity contribution in [1.82, 2.24) is 0 Å². The van der Waals surface area contributed by atoms with Gasteiger partial charge in [0.05, 0.1) is 52.9 Å². The zero-order valence-corrected chi connectivity index (χ0v) is 19.8. The van der Waals surface area contributed by atoms with Crippen LogP contribution in [0.15, 0.2) is 0 Å². The minimum atomic E-state index is -0.0268. The molecule has 6 heteroatoms. The molecule has 0 radical (unpaired) electrons. The van der Waals surface area contributed by atoms with Crippen LogP contribution in [0.5, 0.6) is 0 Å². The Labute approximate surface area is 164 Å². The maximum absolute atomic E-state index is 5.83.